The number of nitrogens with zero attached hydrogens (tertiary/aromatic N) is 1. The van der Waals surface area contributed by atoms with Crippen LogP contribution in [0.15, 0.2) is 24.3 Å². The molecule has 1 amide bonds. The summed E-state index contributed by atoms with van der Waals surface area (Å²) in [5.41, 5.74) is -0.569. The van der Waals surface area contributed by atoms with Gasteiger partial charge in [0.25, 0.3) is 0 Å². The quantitative estimate of drug-likeness (QED) is 0.690. The zero-order valence-corrected chi connectivity index (χ0v) is 13.6. The van der Waals surface area contributed by atoms with Crippen LogP contribution < -0.4 is 4.90 Å². The Hall–Kier alpha value is -2.04. The molecule has 0 spiro atoms. The fourth-order valence-electron chi connectivity index (χ4n) is 3.41. The van der Waals surface area contributed by atoms with Crippen LogP contribution in [0, 0.1) is 0 Å². The van der Waals surface area contributed by atoms with Crippen LogP contribution in [0.3, 0.4) is 0 Å². The molecule has 22 heavy (non-hydrogen) atoms. The highest BCUT2D eigenvalue weighted by molar-refractivity contribution is 5.96. The highest BCUT2D eigenvalue weighted by atomic mass is 16.6. The van der Waals surface area contributed by atoms with Gasteiger partial charge in [0.2, 0.25) is 5.72 Å². The van der Waals surface area contributed by atoms with Crippen LogP contribution >= 0.6 is 0 Å². The molecular formula is C17H21NO4. The molecule has 0 aromatic heterocycles. The summed E-state index contributed by atoms with van der Waals surface area (Å²) in [6, 6.07) is 7.58. The van der Waals surface area contributed by atoms with Crippen LogP contribution in [0.2, 0.25) is 0 Å². The van der Waals surface area contributed by atoms with E-state index in [0.717, 1.165) is 11.3 Å². The first-order valence-electron chi connectivity index (χ1n) is 7.43. The summed E-state index contributed by atoms with van der Waals surface area (Å²) in [5.74, 6) is -0.298. The summed E-state index contributed by atoms with van der Waals surface area (Å²) >= 11 is 0. The van der Waals surface area contributed by atoms with Crippen molar-refractivity contribution < 1.29 is 19.1 Å². The molecular weight excluding hydrogens is 282 g/mol. The SMILES string of the molecule is CC(C)(C)OC(=O)N1c2ccccc2[C@@]2(C)CC(=O)O[C@@]12C. The normalized spacial score (nSPS) is 29.9. The molecule has 1 saturated heterocycles. The van der Waals surface area contributed by atoms with E-state index in [4.69, 9.17) is 9.47 Å². The summed E-state index contributed by atoms with van der Waals surface area (Å²) in [6.45, 7) is 9.18. The van der Waals surface area contributed by atoms with Gasteiger partial charge in [0.15, 0.2) is 0 Å². The van der Waals surface area contributed by atoms with Crippen LogP contribution in [-0.4, -0.2) is 23.4 Å². The lowest BCUT2D eigenvalue weighted by Crippen LogP contribution is -2.56. The van der Waals surface area contributed by atoms with E-state index >= 15 is 0 Å². The number of fused-ring (bicyclic) bond motifs is 3. The lowest BCUT2D eigenvalue weighted by atomic mass is 9.76. The third-order valence-corrected chi connectivity index (χ3v) is 4.58. The fraction of sp³-hybridized carbons (Fsp3) is 0.529. The van der Waals surface area contributed by atoms with Gasteiger partial charge in [-0.2, -0.15) is 0 Å². The van der Waals surface area contributed by atoms with E-state index in [-0.39, 0.29) is 12.4 Å². The van der Waals surface area contributed by atoms with Crippen molar-refractivity contribution in [2.75, 3.05) is 4.90 Å². The van der Waals surface area contributed by atoms with E-state index in [9.17, 15) is 9.59 Å². The van der Waals surface area contributed by atoms with Gasteiger partial charge in [0.1, 0.15) is 5.60 Å². The van der Waals surface area contributed by atoms with Crippen LogP contribution in [0.1, 0.15) is 46.6 Å². The number of amides is 1. The molecule has 3 rings (SSSR count). The van der Waals surface area contributed by atoms with Crippen LogP contribution in [0.5, 0.6) is 0 Å². The van der Waals surface area contributed by atoms with E-state index in [1.807, 2.05) is 52.0 Å². The average Bonchev–Trinajstić information content (AvgIpc) is 2.68. The number of anilines is 1. The van der Waals surface area contributed by atoms with E-state index in [1.165, 1.54) is 4.90 Å². The summed E-state index contributed by atoms with van der Waals surface area (Å²) in [5, 5.41) is 0. The molecule has 2 heterocycles. The summed E-state index contributed by atoms with van der Waals surface area (Å²) in [4.78, 5) is 26.1. The predicted molar refractivity (Wildman–Crippen MR) is 81.6 cm³/mol. The van der Waals surface area contributed by atoms with Gasteiger partial charge in [-0.3, -0.25) is 4.79 Å². The maximum absolute atomic E-state index is 12.7. The molecule has 5 heteroatoms. The number of benzene rings is 1. The number of ether oxygens (including phenoxy) is 2. The van der Waals surface area contributed by atoms with Crippen molar-refractivity contribution in [2.45, 2.75) is 57.8 Å². The van der Waals surface area contributed by atoms with E-state index < -0.39 is 22.8 Å². The van der Waals surface area contributed by atoms with Gasteiger partial charge in [-0.05, 0) is 46.2 Å². The Morgan fingerprint density at radius 2 is 1.91 bits per heavy atom. The number of carbonyl (C=O) groups excluding carboxylic acids is 2. The molecule has 0 N–H and O–H groups in total. The first-order chi connectivity index (χ1) is 10.1. The van der Waals surface area contributed by atoms with Crippen molar-refractivity contribution >= 4 is 17.7 Å². The Bertz CT molecular complexity index is 663. The minimum atomic E-state index is -1.06. The first-order valence-corrected chi connectivity index (χ1v) is 7.43. The lowest BCUT2D eigenvalue weighted by molar-refractivity contribution is -0.147. The lowest BCUT2D eigenvalue weighted by Gasteiger charge is -2.38. The van der Waals surface area contributed by atoms with Gasteiger partial charge < -0.3 is 9.47 Å². The van der Waals surface area contributed by atoms with E-state index in [0.29, 0.717) is 0 Å². The van der Waals surface area contributed by atoms with Crippen LogP contribution in [0.4, 0.5) is 10.5 Å². The number of hydrogen-bond donors (Lipinski definition) is 0. The van der Waals surface area contributed by atoms with Crippen molar-refractivity contribution in [2.24, 2.45) is 0 Å². The number of carbonyl (C=O) groups is 2. The monoisotopic (exact) mass is 303 g/mol. The number of rotatable bonds is 0. The van der Waals surface area contributed by atoms with Crippen LogP contribution in [0.25, 0.3) is 0 Å². The molecule has 2 aliphatic heterocycles. The van der Waals surface area contributed by atoms with Gasteiger partial charge >= 0.3 is 12.1 Å². The fourth-order valence-corrected chi connectivity index (χ4v) is 3.41. The van der Waals surface area contributed by atoms with Gasteiger partial charge in [0.05, 0.1) is 17.5 Å². The maximum Gasteiger partial charge on any atom is 0.418 e. The minimum absolute atomic E-state index is 0.250. The molecule has 0 aliphatic carbocycles. The average molecular weight is 303 g/mol. The zero-order chi connectivity index (χ0) is 16.3. The number of hydrogen-bond acceptors (Lipinski definition) is 4. The molecule has 1 aromatic carbocycles. The van der Waals surface area contributed by atoms with Gasteiger partial charge in [-0.15, -0.1) is 0 Å². The molecule has 1 fully saturated rings. The smallest absolute Gasteiger partial charge is 0.418 e. The van der Waals surface area contributed by atoms with E-state index in [1.54, 1.807) is 6.92 Å². The highest BCUT2D eigenvalue weighted by Gasteiger charge is 2.66. The highest BCUT2D eigenvalue weighted by Crippen LogP contribution is 2.57. The Morgan fingerprint density at radius 1 is 1.27 bits per heavy atom. The largest absolute Gasteiger partial charge is 0.443 e. The Morgan fingerprint density at radius 3 is 2.55 bits per heavy atom. The third-order valence-electron chi connectivity index (χ3n) is 4.58. The second-order valence-corrected chi connectivity index (χ2v) is 7.30. The molecule has 1 aromatic rings. The van der Waals surface area contributed by atoms with Gasteiger partial charge in [-0.25, -0.2) is 9.69 Å². The summed E-state index contributed by atoms with van der Waals surface area (Å²) in [7, 11) is 0. The Balaban J connectivity index is 2.13. The third kappa shape index (κ3) is 1.84. The maximum atomic E-state index is 12.7. The number of para-hydroxylation sites is 1. The zero-order valence-electron chi connectivity index (χ0n) is 13.6. The molecule has 0 saturated carbocycles. The summed E-state index contributed by atoms with van der Waals surface area (Å²) < 4.78 is 11.1. The van der Waals surface area contributed by atoms with Gasteiger partial charge in [-0.1, -0.05) is 18.2 Å². The molecule has 0 unspecified atom stereocenters. The summed E-state index contributed by atoms with van der Waals surface area (Å²) in [6.07, 6.45) is -0.249. The molecule has 2 aliphatic rings. The Labute approximate surface area is 130 Å². The molecule has 2 atom stereocenters. The molecule has 5 nitrogen and oxygen atoms in total. The Kier molecular flexibility index (Phi) is 2.87. The molecule has 0 bridgehead atoms. The van der Waals surface area contributed by atoms with E-state index in [2.05, 4.69) is 0 Å². The van der Waals surface area contributed by atoms with Crippen molar-refractivity contribution in [1.82, 2.24) is 0 Å². The standard InChI is InChI=1S/C17H21NO4/c1-15(2,3)22-14(20)18-12-9-7-6-8-11(12)16(4)10-13(19)21-17(16,18)5/h6-9H,10H2,1-5H3/t16-,17-/m1/s1. The first kappa shape index (κ1) is 14.9. The van der Waals surface area contributed by atoms with Gasteiger partial charge in [0, 0.05) is 0 Å². The van der Waals surface area contributed by atoms with Crippen molar-refractivity contribution in [1.29, 1.82) is 0 Å². The second kappa shape index (κ2) is 4.24. The van der Waals surface area contributed by atoms with Crippen molar-refractivity contribution in [3.8, 4) is 0 Å². The second-order valence-electron chi connectivity index (χ2n) is 7.30. The van der Waals surface area contributed by atoms with Crippen molar-refractivity contribution in [3.05, 3.63) is 29.8 Å². The molecule has 118 valence electrons. The van der Waals surface area contributed by atoms with Crippen LogP contribution in [-0.2, 0) is 19.7 Å². The topological polar surface area (TPSA) is 55.8 Å². The van der Waals surface area contributed by atoms with Crippen molar-refractivity contribution in [3.63, 3.8) is 0 Å². The minimum Gasteiger partial charge on any atom is -0.443 e. The number of esters is 1. The predicted octanol–water partition coefficient (Wildman–Crippen LogP) is 3.36. The molecule has 0 radical (unpaired) electrons.